The highest BCUT2D eigenvalue weighted by Gasteiger charge is 2.21. The summed E-state index contributed by atoms with van der Waals surface area (Å²) in [5.41, 5.74) is 0.976. The lowest BCUT2D eigenvalue weighted by Crippen LogP contribution is -2.24. The highest BCUT2D eigenvalue weighted by molar-refractivity contribution is 9.10. The molecule has 5 heteroatoms. The second-order valence-corrected chi connectivity index (χ2v) is 5.42. The molecule has 1 aliphatic rings. The van der Waals surface area contributed by atoms with E-state index in [9.17, 15) is 4.79 Å². The van der Waals surface area contributed by atoms with Gasteiger partial charge in [-0.3, -0.25) is 0 Å². The van der Waals surface area contributed by atoms with Crippen molar-refractivity contribution in [1.29, 1.82) is 0 Å². The van der Waals surface area contributed by atoms with Gasteiger partial charge in [0.15, 0.2) is 6.10 Å². The van der Waals surface area contributed by atoms with Crippen LogP contribution in [-0.4, -0.2) is 23.2 Å². The maximum Gasteiger partial charge on any atom is 0.344 e. The molecule has 1 fully saturated rings. The van der Waals surface area contributed by atoms with Gasteiger partial charge in [0.05, 0.1) is 0 Å². The minimum atomic E-state index is -0.959. The first kappa shape index (κ1) is 13.4. The van der Waals surface area contributed by atoms with Gasteiger partial charge < -0.3 is 15.2 Å². The van der Waals surface area contributed by atoms with E-state index in [2.05, 4.69) is 21.2 Å². The van der Waals surface area contributed by atoms with Crippen molar-refractivity contribution in [2.45, 2.75) is 38.5 Å². The maximum absolute atomic E-state index is 10.8. The van der Waals surface area contributed by atoms with Gasteiger partial charge in [0.25, 0.3) is 0 Å². The number of hydrogen-bond acceptors (Lipinski definition) is 3. The number of rotatable bonds is 6. The van der Waals surface area contributed by atoms with Gasteiger partial charge in [0.1, 0.15) is 5.75 Å². The van der Waals surface area contributed by atoms with Gasteiger partial charge in [0, 0.05) is 22.6 Å². The lowest BCUT2D eigenvalue weighted by molar-refractivity contribution is -0.144. The fraction of sp³-hybridized carbons (Fsp3) is 0.462. The van der Waals surface area contributed by atoms with Gasteiger partial charge in [-0.1, -0.05) is 15.9 Å². The highest BCUT2D eigenvalue weighted by atomic mass is 79.9. The molecule has 0 amide bonds. The summed E-state index contributed by atoms with van der Waals surface area (Å²) < 4.78 is 6.42. The quantitative estimate of drug-likeness (QED) is 0.847. The smallest absolute Gasteiger partial charge is 0.344 e. The molecule has 0 saturated heterocycles. The molecule has 1 atom stereocenters. The molecule has 1 aliphatic carbocycles. The van der Waals surface area contributed by atoms with Gasteiger partial charge in [-0.05, 0) is 38.0 Å². The first-order chi connectivity index (χ1) is 8.56. The van der Waals surface area contributed by atoms with Crippen LogP contribution in [0.15, 0.2) is 22.7 Å². The van der Waals surface area contributed by atoms with E-state index in [0.29, 0.717) is 18.3 Å². The Morgan fingerprint density at radius 1 is 1.61 bits per heavy atom. The van der Waals surface area contributed by atoms with Gasteiger partial charge in [-0.25, -0.2) is 4.79 Å². The fourth-order valence-corrected chi connectivity index (χ4v) is 1.99. The summed E-state index contributed by atoms with van der Waals surface area (Å²) in [6, 6.07) is 6.21. The molecular formula is C13H16BrNO3. The molecule has 0 heterocycles. The topological polar surface area (TPSA) is 58.6 Å². The van der Waals surface area contributed by atoms with Crippen molar-refractivity contribution < 1.29 is 14.6 Å². The summed E-state index contributed by atoms with van der Waals surface area (Å²) in [6.07, 6.45) is 1.59. The van der Waals surface area contributed by atoms with Gasteiger partial charge >= 0.3 is 5.97 Å². The van der Waals surface area contributed by atoms with Crippen LogP contribution >= 0.6 is 15.9 Å². The number of carbonyl (C=O) groups is 1. The number of ether oxygens (including phenoxy) is 1. The molecule has 2 N–H and O–H groups in total. The molecule has 18 heavy (non-hydrogen) atoms. The Morgan fingerprint density at radius 2 is 2.33 bits per heavy atom. The third-order valence-electron chi connectivity index (χ3n) is 2.83. The van der Waals surface area contributed by atoms with E-state index < -0.39 is 12.1 Å². The Labute approximate surface area is 114 Å². The predicted octanol–water partition coefficient (Wildman–Crippen LogP) is 2.55. The van der Waals surface area contributed by atoms with Gasteiger partial charge in [-0.15, -0.1) is 0 Å². The number of halogens is 1. The monoisotopic (exact) mass is 313 g/mol. The van der Waals surface area contributed by atoms with E-state index in [1.54, 1.807) is 6.07 Å². The molecule has 0 spiro atoms. The molecule has 1 unspecified atom stereocenters. The van der Waals surface area contributed by atoms with Crippen molar-refractivity contribution in [3.8, 4) is 5.75 Å². The standard InChI is InChI=1S/C13H16BrNO3/c1-8(13(16)17)18-12-5-2-10(14)6-9(12)7-15-11-3-4-11/h2,5-6,8,11,15H,3-4,7H2,1H3,(H,16,17). The molecule has 0 aliphatic heterocycles. The molecule has 0 bridgehead atoms. The second kappa shape index (κ2) is 5.71. The lowest BCUT2D eigenvalue weighted by atomic mass is 10.2. The number of aliphatic carboxylic acids is 1. The van der Waals surface area contributed by atoms with Crippen molar-refractivity contribution in [1.82, 2.24) is 5.32 Å². The number of hydrogen-bond donors (Lipinski definition) is 2. The SMILES string of the molecule is CC(Oc1ccc(Br)cc1CNC1CC1)C(=O)O. The fourth-order valence-electron chi connectivity index (χ4n) is 1.58. The van der Waals surface area contributed by atoms with E-state index in [-0.39, 0.29) is 0 Å². The average molecular weight is 314 g/mol. The van der Waals surface area contributed by atoms with Crippen molar-refractivity contribution in [2.24, 2.45) is 0 Å². The first-order valence-corrected chi connectivity index (χ1v) is 6.77. The summed E-state index contributed by atoms with van der Waals surface area (Å²) >= 11 is 3.41. The lowest BCUT2D eigenvalue weighted by Gasteiger charge is -2.15. The van der Waals surface area contributed by atoms with Crippen molar-refractivity contribution in [3.05, 3.63) is 28.2 Å². The average Bonchev–Trinajstić information content (AvgIpc) is 3.13. The van der Waals surface area contributed by atoms with E-state index in [4.69, 9.17) is 9.84 Å². The van der Waals surface area contributed by atoms with Crippen LogP contribution in [0.4, 0.5) is 0 Å². The molecule has 0 radical (unpaired) electrons. The van der Waals surface area contributed by atoms with Crippen LogP contribution < -0.4 is 10.1 Å². The Hall–Kier alpha value is -1.07. The summed E-state index contributed by atoms with van der Waals surface area (Å²) in [5.74, 6) is -0.333. The largest absolute Gasteiger partial charge is 0.479 e. The molecule has 2 rings (SSSR count). The molecule has 1 aromatic carbocycles. The van der Waals surface area contributed by atoms with E-state index in [1.807, 2.05) is 12.1 Å². The van der Waals surface area contributed by atoms with E-state index >= 15 is 0 Å². The van der Waals surface area contributed by atoms with Crippen molar-refractivity contribution in [3.63, 3.8) is 0 Å². The summed E-state index contributed by atoms with van der Waals surface area (Å²) in [5, 5.41) is 12.3. The summed E-state index contributed by atoms with van der Waals surface area (Å²) in [4.78, 5) is 10.8. The first-order valence-electron chi connectivity index (χ1n) is 5.97. The Bertz CT molecular complexity index is 446. The van der Waals surface area contributed by atoms with Crippen LogP contribution in [0.25, 0.3) is 0 Å². The minimum absolute atomic E-state index is 0.605. The molecule has 1 aromatic rings. The molecule has 4 nitrogen and oxygen atoms in total. The van der Waals surface area contributed by atoms with Crippen LogP contribution in [0.1, 0.15) is 25.3 Å². The van der Waals surface area contributed by atoms with Crippen LogP contribution in [0.3, 0.4) is 0 Å². The predicted molar refractivity (Wildman–Crippen MR) is 71.7 cm³/mol. The Kier molecular flexibility index (Phi) is 4.24. The molecule has 98 valence electrons. The molecular weight excluding hydrogens is 298 g/mol. The van der Waals surface area contributed by atoms with E-state index in [0.717, 1.165) is 10.0 Å². The zero-order valence-corrected chi connectivity index (χ0v) is 11.7. The third-order valence-corrected chi connectivity index (χ3v) is 3.33. The summed E-state index contributed by atoms with van der Waals surface area (Å²) in [6.45, 7) is 2.23. The highest BCUT2D eigenvalue weighted by Crippen LogP contribution is 2.26. The van der Waals surface area contributed by atoms with Crippen LogP contribution in [-0.2, 0) is 11.3 Å². The number of benzene rings is 1. The zero-order valence-electron chi connectivity index (χ0n) is 10.1. The third kappa shape index (κ3) is 3.71. The number of carboxylic acids is 1. The Balaban J connectivity index is 2.08. The van der Waals surface area contributed by atoms with Crippen molar-refractivity contribution in [2.75, 3.05) is 0 Å². The molecule has 1 saturated carbocycles. The second-order valence-electron chi connectivity index (χ2n) is 4.51. The number of nitrogens with one attached hydrogen (secondary N) is 1. The molecule has 0 aromatic heterocycles. The normalized spacial score (nSPS) is 16.3. The number of carboxylic acid groups (broad SMARTS) is 1. The van der Waals surface area contributed by atoms with Crippen LogP contribution in [0, 0.1) is 0 Å². The summed E-state index contributed by atoms with van der Waals surface area (Å²) in [7, 11) is 0. The maximum atomic E-state index is 10.8. The van der Waals surface area contributed by atoms with Gasteiger partial charge in [0.2, 0.25) is 0 Å². The minimum Gasteiger partial charge on any atom is -0.479 e. The van der Waals surface area contributed by atoms with Crippen molar-refractivity contribution >= 4 is 21.9 Å². The van der Waals surface area contributed by atoms with Crippen LogP contribution in [0.2, 0.25) is 0 Å². The van der Waals surface area contributed by atoms with Crippen LogP contribution in [0.5, 0.6) is 5.75 Å². The van der Waals surface area contributed by atoms with Gasteiger partial charge in [-0.2, -0.15) is 0 Å². The van der Waals surface area contributed by atoms with E-state index in [1.165, 1.54) is 19.8 Å². The zero-order chi connectivity index (χ0) is 13.1. The Morgan fingerprint density at radius 3 is 2.94 bits per heavy atom.